The molecule has 0 radical (unpaired) electrons. The van der Waals surface area contributed by atoms with E-state index >= 15 is 0 Å². The van der Waals surface area contributed by atoms with E-state index < -0.39 is 21.5 Å². The highest BCUT2D eigenvalue weighted by Gasteiger charge is 2.24. The van der Waals surface area contributed by atoms with Crippen molar-refractivity contribution in [1.82, 2.24) is 0 Å². The van der Waals surface area contributed by atoms with Crippen LogP contribution in [-0.4, -0.2) is 15.1 Å². The van der Waals surface area contributed by atoms with E-state index in [0.717, 1.165) is 0 Å². The molecule has 1 aromatic carbocycles. The lowest BCUT2D eigenvalue weighted by Gasteiger charge is -2.02. The average molecular weight is 231 g/mol. The van der Waals surface area contributed by atoms with Crippen molar-refractivity contribution in [3.8, 4) is 5.75 Å². The number of carbonyl (C=O) groups excluding carboxylic acids is 1. The number of phenolic OH excluding ortho intramolecular Hbond substituents is 1. The predicted octanol–water partition coefficient (Wildman–Crippen LogP) is 1.66. The molecule has 14 heavy (non-hydrogen) atoms. The second kappa shape index (κ2) is 3.89. The number of nitrogens with zero attached hydrogens (tertiary/aromatic N) is 1. The highest BCUT2D eigenvalue weighted by atomic mass is 32.1. The first-order valence-corrected chi connectivity index (χ1v) is 4.27. The molecule has 7 heteroatoms. The van der Waals surface area contributed by atoms with Crippen LogP contribution in [0.2, 0.25) is 0 Å². The van der Waals surface area contributed by atoms with Gasteiger partial charge in [0.25, 0.3) is 0 Å². The second-order valence-electron chi connectivity index (χ2n) is 2.39. The van der Waals surface area contributed by atoms with Crippen LogP contribution in [0.4, 0.5) is 5.69 Å². The smallest absolute Gasteiger partial charge is 0.323 e. The van der Waals surface area contributed by atoms with Crippen LogP contribution in [0.5, 0.6) is 5.75 Å². The van der Waals surface area contributed by atoms with E-state index in [2.05, 4.69) is 25.3 Å². The van der Waals surface area contributed by atoms with E-state index in [1.54, 1.807) is 0 Å². The van der Waals surface area contributed by atoms with Crippen molar-refractivity contribution in [1.29, 1.82) is 0 Å². The molecule has 0 unspecified atom stereocenters. The minimum absolute atomic E-state index is 0.0371. The van der Waals surface area contributed by atoms with Crippen LogP contribution in [0, 0.1) is 10.1 Å². The minimum atomic E-state index is -0.849. The SMILES string of the molecule is O=C(S)c1ccc(S)c(O)c1[N+](=O)[O-]. The number of benzene rings is 1. The van der Waals surface area contributed by atoms with E-state index in [1.807, 2.05) is 0 Å². The highest BCUT2D eigenvalue weighted by Crippen LogP contribution is 2.35. The molecule has 1 rings (SSSR count). The lowest BCUT2D eigenvalue weighted by molar-refractivity contribution is -0.386. The number of hydrogen-bond acceptors (Lipinski definition) is 5. The first-order chi connectivity index (χ1) is 6.45. The molecule has 0 aromatic heterocycles. The summed E-state index contributed by atoms with van der Waals surface area (Å²) >= 11 is 7.24. The van der Waals surface area contributed by atoms with Gasteiger partial charge in [0.2, 0.25) is 10.9 Å². The van der Waals surface area contributed by atoms with E-state index in [9.17, 15) is 20.0 Å². The molecule has 0 spiro atoms. The van der Waals surface area contributed by atoms with Crippen molar-refractivity contribution in [2.75, 3.05) is 0 Å². The Morgan fingerprint density at radius 1 is 1.50 bits per heavy atom. The van der Waals surface area contributed by atoms with Gasteiger partial charge < -0.3 is 5.11 Å². The Morgan fingerprint density at radius 2 is 2.07 bits per heavy atom. The van der Waals surface area contributed by atoms with Gasteiger partial charge in [-0.05, 0) is 12.1 Å². The molecule has 0 saturated carbocycles. The van der Waals surface area contributed by atoms with E-state index in [0.29, 0.717) is 0 Å². The lowest BCUT2D eigenvalue weighted by atomic mass is 10.2. The zero-order valence-corrected chi connectivity index (χ0v) is 8.46. The number of rotatable bonds is 2. The summed E-state index contributed by atoms with van der Waals surface area (Å²) in [5.41, 5.74) is -0.925. The molecule has 0 heterocycles. The van der Waals surface area contributed by atoms with Gasteiger partial charge in [0.05, 0.1) is 9.82 Å². The monoisotopic (exact) mass is 231 g/mol. The fourth-order valence-corrected chi connectivity index (χ4v) is 1.29. The molecule has 0 atom stereocenters. The van der Waals surface area contributed by atoms with Gasteiger partial charge in [0.1, 0.15) is 5.56 Å². The molecule has 0 amide bonds. The number of aromatic hydroxyl groups is 1. The molecular formula is C7H5NO4S2. The third kappa shape index (κ3) is 1.83. The number of phenols is 1. The largest absolute Gasteiger partial charge is 0.501 e. The van der Waals surface area contributed by atoms with Crippen LogP contribution in [0.3, 0.4) is 0 Å². The molecular weight excluding hydrogens is 226 g/mol. The van der Waals surface area contributed by atoms with E-state index in [4.69, 9.17) is 0 Å². The van der Waals surface area contributed by atoms with Crippen molar-refractivity contribution >= 4 is 36.1 Å². The van der Waals surface area contributed by atoms with Crippen LogP contribution in [-0.2, 0) is 0 Å². The number of thiol groups is 2. The van der Waals surface area contributed by atoms with Crippen LogP contribution < -0.4 is 0 Å². The van der Waals surface area contributed by atoms with Crippen LogP contribution in [0.15, 0.2) is 17.0 Å². The maximum absolute atomic E-state index is 10.9. The molecule has 0 fully saturated rings. The van der Waals surface area contributed by atoms with Crippen molar-refractivity contribution < 1.29 is 14.8 Å². The molecule has 0 aliphatic carbocycles. The topological polar surface area (TPSA) is 80.4 Å². The summed E-state index contributed by atoms with van der Waals surface area (Å²) < 4.78 is 0. The van der Waals surface area contributed by atoms with Gasteiger partial charge >= 0.3 is 5.69 Å². The molecule has 5 nitrogen and oxygen atoms in total. The van der Waals surface area contributed by atoms with Crippen molar-refractivity contribution in [2.45, 2.75) is 4.90 Å². The number of hydrogen-bond donors (Lipinski definition) is 3. The summed E-state index contributed by atoms with van der Waals surface area (Å²) in [6, 6.07) is 2.48. The first-order valence-electron chi connectivity index (χ1n) is 3.37. The Bertz CT molecular complexity index is 418. The average Bonchev–Trinajstić information content (AvgIpc) is 2.08. The van der Waals surface area contributed by atoms with Gasteiger partial charge in [-0.2, -0.15) is 0 Å². The van der Waals surface area contributed by atoms with Gasteiger partial charge in [0, 0.05) is 0 Å². The van der Waals surface area contributed by atoms with Crippen molar-refractivity contribution in [3.63, 3.8) is 0 Å². The predicted molar refractivity (Wildman–Crippen MR) is 55.3 cm³/mol. The molecule has 1 N–H and O–H groups in total. The van der Waals surface area contributed by atoms with Gasteiger partial charge in [-0.25, -0.2) is 0 Å². The van der Waals surface area contributed by atoms with Crippen molar-refractivity contribution in [3.05, 3.63) is 27.8 Å². The Kier molecular flexibility index (Phi) is 3.02. The molecule has 0 aliphatic rings. The minimum Gasteiger partial charge on any atom is -0.501 e. The van der Waals surface area contributed by atoms with Gasteiger partial charge in [0.15, 0.2) is 0 Å². The normalized spacial score (nSPS) is 9.86. The maximum atomic E-state index is 10.9. The van der Waals surface area contributed by atoms with Crippen LogP contribution >= 0.6 is 25.3 Å². The number of nitro groups is 1. The molecule has 0 aliphatic heterocycles. The van der Waals surface area contributed by atoms with Gasteiger partial charge in [-0.1, -0.05) is 0 Å². The van der Waals surface area contributed by atoms with Gasteiger partial charge in [-0.15, -0.1) is 25.3 Å². The first kappa shape index (κ1) is 10.9. The second-order valence-corrected chi connectivity index (χ2v) is 3.28. The fourth-order valence-electron chi connectivity index (χ4n) is 0.926. The fraction of sp³-hybridized carbons (Fsp3) is 0. The Balaban J connectivity index is 3.53. The number of carbonyl (C=O) groups is 1. The third-order valence-electron chi connectivity index (χ3n) is 1.54. The summed E-state index contributed by atoms with van der Waals surface area (Å²) in [6.45, 7) is 0. The highest BCUT2D eigenvalue weighted by molar-refractivity contribution is 7.97. The Hall–Kier alpha value is -1.21. The standard InChI is InChI=1S/C7H5NO4S2/c9-6-4(13)2-1-3(7(10)14)5(6)8(11)12/h1-2,9,13H,(H,10,14). The Morgan fingerprint density at radius 3 is 2.50 bits per heavy atom. The zero-order chi connectivity index (χ0) is 10.9. The summed E-state index contributed by atoms with van der Waals surface area (Å²) in [6.07, 6.45) is 0. The zero-order valence-electron chi connectivity index (χ0n) is 6.67. The molecule has 1 aromatic rings. The number of nitro benzene ring substituents is 1. The van der Waals surface area contributed by atoms with E-state index in [-0.39, 0.29) is 10.5 Å². The lowest BCUT2D eigenvalue weighted by Crippen LogP contribution is -1.99. The molecule has 0 saturated heterocycles. The Labute approximate surface area is 89.7 Å². The molecule has 0 bridgehead atoms. The summed E-state index contributed by atoms with van der Waals surface area (Å²) in [4.78, 5) is 20.6. The third-order valence-corrected chi connectivity index (χ3v) is 2.14. The summed E-state index contributed by atoms with van der Waals surface area (Å²) in [5, 5.41) is 19.0. The van der Waals surface area contributed by atoms with Crippen LogP contribution in [0.1, 0.15) is 10.4 Å². The molecule has 74 valence electrons. The van der Waals surface area contributed by atoms with E-state index in [1.165, 1.54) is 12.1 Å². The quantitative estimate of drug-likeness (QED) is 0.411. The van der Waals surface area contributed by atoms with Crippen molar-refractivity contribution in [2.24, 2.45) is 0 Å². The summed E-state index contributed by atoms with van der Waals surface area (Å²) in [7, 11) is 0. The maximum Gasteiger partial charge on any atom is 0.323 e. The summed E-state index contributed by atoms with van der Waals surface area (Å²) in [5.74, 6) is -0.627. The van der Waals surface area contributed by atoms with Crippen LogP contribution in [0.25, 0.3) is 0 Å². The van der Waals surface area contributed by atoms with Gasteiger partial charge in [-0.3, -0.25) is 14.9 Å².